The number of hydrogen-bond acceptors (Lipinski definition) is 3. The van der Waals surface area contributed by atoms with Crippen molar-refractivity contribution in [3.05, 3.63) is 65.0 Å². The summed E-state index contributed by atoms with van der Waals surface area (Å²) in [5.74, 6) is 1.13. The molecule has 2 aromatic carbocycles. The van der Waals surface area contributed by atoms with Crippen LogP contribution in [0.5, 0.6) is 0 Å². The molecule has 0 aromatic heterocycles. The SMILES string of the molecule is CCNC(=NCc1cccc(NC(C)=O)c1)NCc1ccc(F)cc1CSC.I. The fourth-order valence-corrected chi connectivity index (χ4v) is 3.28. The van der Waals surface area contributed by atoms with Crippen molar-refractivity contribution >= 4 is 53.3 Å². The van der Waals surface area contributed by atoms with Crippen LogP contribution in [0.25, 0.3) is 0 Å². The number of carbonyl (C=O) groups excluding carboxylic acids is 1. The maximum Gasteiger partial charge on any atom is 0.221 e. The summed E-state index contributed by atoms with van der Waals surface area (Å²) < 4.78 is 13.5. The lowest BCUT2D eigenvalue weighted by atomic mass is 10.1. The summed E-state index contributed by atoms with van der Waals surface area (Å²) in [5.41, 5.74) is 3.78. The summed E-state index contributed by atoms with van der Waals surface area (Å²) >= 11 is 1.66. The molecule has 0 spiro atoms. The summed E-state index contributed by atoms with van der Waals surface area (Å²) in [7, 11) is 0. The van der Waals surface area contributed by atoms with E-state index < -0.39 is 0 Å². The molecule has 0 heterocycles. The van der Waals surface area contributed by atoms with Gasteiger partial charge in [0.1, 0.15) is 5.82 Å². The minimum absolute atomic E-state index is 0. The van der Waals surface area contributed by atoms with Crippen LogP contribution in [0.1, 0.15) is 30.5 Å². The third-order valence-electron chi connectivity index (χ3n) is 3.93. The van der Waals surface area contributed by atoms with Crippen LogP contribution < -0.4 is 16.0 Å². The van der Waals surface area contributed by atoms with E-state index in [4.69, 9.17) is 0 Å². The second-order valence-electron chi connectivity index (χ2n) is 6.28. The molecule has 0 aliphatic heterocycles. The maximum absolute atomic E-state index is 13.5. The predicted molar refractivity (Wildman–Crippen MR) is 131 cm³/mol. The van der Waals surface area contributed by atoms with Crippen LogP contribution >= 0.6 is 35.7 Å². The monoisotopic (exact) mass is 530 g/mol. The smallest absolute Gasteiger partial charge is 0.221 e. The molecule has 0 bridgehead atoms. The fraction of sp³-hybridized carbons (Fsp3) is 0.333. The van der Waals surface area contributed by atoms with Gasteiger partial charge in [-0.25, -0.2) is 9.38 Å². The molecule has 0 fully saturated rings. The number of benzene rings is 2. The Morgan fingerprint density at radius 2 is 1.93 bits per heavy atom. The van der Waals surface area contributed by atoms with E-state index in [9.17, 15) is 9.18 Å². The predicted octanol–water partition coefficient (Wildman–Crippen LogP) is 4.52. The van der Waals surface area contributed by atoms with Gasteiger partial charge >= 0.3 is 0 Å². The van der Waals surface area contributed by atoms with Crippen LogP contribution in [0.4, 0.5) is 10.1 Å². The molecule has 158 valence electrons. The van der Waals surface area contributed by atoms with Gasteiger partial charge in [0.25, 0.3) is 0 Å². The molecule has 8 heteroatoms. The number of guanidine groups is 1. The van der Waals surface area contributed by atoms with E-state index in [-0.39, 0.29) is 35.7 Å². The van der Waals surface area contributed by atoms with Crippen molar-refractivity contribution in [2.45, 2.75) is 32.7 Å². The molecular weight excluding hydrogens is 502 g/mol. The minimum atomic E-state index is -0.215. The lowest BCUT2D eigenvalue weighted by Crippen LogP contribution is -2.37. The molecule has 2 aromatic rings. The molecular formula is C21H28FIN4OS. The first-order chi connectivity index (χ1) is 13.5. The summed E-state index contributed by atoms with van der Waals surface area (Å²) in [6.45, 7) is 5.26. The normalized spacial score (nSPS) is 10.8. The molecule has 29 heavy (non-hydrogen) atoms. The highest BCUT2D eigenvalue weighted by atomic mass is 127. The van der Waals surface area contributed by atoms with Gasteiger partial charge in [0, 0.05) is 31.5 Å². The number of anilines is 1. The van der Waals surface area contributed by atoms with Gasteiger partial charge < -0.3 is 16.0 Å². The first kappa shape index (κ1) is 25.2. The Kier molecular flexibility index (Phi) is 11.7. The molecule has 3 N–H and O–H groups in total. The van der Waals surface area contributed by atoms with Crippen molar-refractivity contribution in [1.82, 2.24) is 10.6 Å². The Hall–Kier alpha value is -1.81. The summed E-state index contributed by atoms with van der Waals surface area (Å²) in [6, 6.07) is 12.5. The molecule has 0 radical (unpaired) electrons. The quantitative estimate of drug-likeness (QED) is 0.267. The number of thioether (sulfide) groups is 1. The van der Waals surface area contributed by atoms with Crippen LogP contribution in [0.15, 0.2) is 47.5 Å². The van der Waals surface area contributed by atoms with Crippen molar-refractivity contribution in [1.29, 1.82) is 0 Å². The van der Waals surface area contributed by atoms with Crippen LogP contribution in [0.2, 0.25) is 0 Å². The molecule has 0 aliphatic carbocycles. The van der Waals surface area contributed by atoms with Crippen molar-refractivity contribution in [2.24, 2.45) is 4.99 Å². The number of rotatable bonds is 8. The van der Waals surface area contributed by atoms with Gasteiger partial charge in [0.2, 0.25) is 5.91 Å². The van der Waals surface area contributed by atoms with E-state index in [0.717, 1.165) is 34.7 Å². The van der Waals surface area contributed by atoms with E-state index in [1.807, 2.05) is 43.5 Å². The van der Waals surface area contributed by atoms with Gasteiger partial charge in [-0.3, -0.25) is 4.79 Å². The zero-order valence-corrected chi connectivity index (χ0v) is 20.1. The Morgan fingerprint density at radius 1 is 1.14 bits per heavy atom. The Labute approximate surface area is 193 Å². The number of aliphatic imine (C=N–C) groups is 1. The number of nitrogens with one attached hydrogen (secondary N) is 3. The van der Waals surface area contributed by atoms with Gasteiger partial charge in [-0.05, 0) is 54.1 Å². The molecule has 0 saturated heterocycles. The molecule has 1 amide bonds. The lowest BCUT2D eigenvalue weighted by molar-refractivity contribution is -0.114. The molecule has 5 nitrogen and oxygen atoms in total. The summed E-state index contributed by atoms with van der Waals surface area (Å²) in [6.07, 6.45) is 2.00. The highest BCUT2D eigenvalue weighted by Gasteiger charge is 2.06. The highest BCUT2D eigenvalue weighted by molar-refractivity contribution is 14.0. The third-order valence-corrected chi connectivity index (χ3v) is 4.53. The average molecular weight is 530 g/mol. The Balaban J connectivity index is 0.00000420. The molecule has 0 atom stereocenters. The maximum atomic E-state index is 13.5. The van der Waals surface area contributed by atoms with Crippen molar-refractivity contribution in [3.63, 3.8) is 0 Å². The number of carbonyl (C=O) groups is 1. The van der Waals surface area contributed by atoms with Crippen LogP contribution in [-0.2, 0) is 23.6 Å². The van der Waals surface area contributed by atoms with Crippen molar-refractivity contribution < 1.29 is 9.18 Å². The number of hydrogen-bond donors (Lipinski definition) is 3. The largest absolute Gasteiger partial charge is 0.357 e. The molecule has 2 rings (SSSR count). The molecule has 0 aliphatic rings. The second kappa shape index (κ2) is 13.4. The summed E-state index contributed by atoms with van der Waals surface area (Å²) in [5, 5.41) is 9.31. The van der Waals surface area contributed by atoms with Gasteiger partial charge in [-0.2, -0.15) is 11.8 Å². The van der Waals surface area contributed by atoms with Crippen LogP contribution in [0, 0.1) is 5.82 Å². The highest BCUT2D eigenvalue weighted by Crippen LogP contribution is 2.17. The first-order valence-electron chi connectivity index (χ1n) is 9.16. The molecule has 0 saturated carbocycles. The Morgan fingerprint density at radius 3 is 2.62 bits per heavy atom. The van der Waals surface area contributed by atoms with E-state index in [1.54, 1.807) is 17.8 Å². The lowest BCUT2D eigenvalue weighted by Gasteiger charge is -2.14. The van der Waals surface area contributed by atoms with E-state index in [2.05, 4.69) is 20.9 Å². The van der Waals surface area contributed by atoms with E-state index >= 15 is 0 Å². The zero-order valence-electron chi connectivity index (χ0n) is 16.9. The zero-order chi connectivity index (χ0) is 20.4. The van der Waals surface area contributed by atoms with E-state index in [1.165, 1.54) is 13.0 Å². The van der Waals surface area contributed by atoms with Crippen LogP contribution in [-0.4, -0.2) is 24.7 Å². The number of halogens is 2. The summed E-state index contributed by atoms with van der Waals surface area (Å²) in [4.78, 5) is 15.8. The topological polar surface area (TPSA) is 65.5 Å². The first-order valence-corrected chi connectivity index (χ1v) is 10.6. The van der Waals surface area contributed by atoms with Gasteiger partial charge in [-0.1, -0.05) is 18.2 Å². The fourth-order valence-electron chi connectivity index (χ4n) is 2.70. The van der Waals surface area contributed by atoms with Crippen LogP contribution in [0.3, 0.4) is 0 Å². The van der Waals surface area contributed by atoms with Gasteiger partial charge in [-0.15, -0.1) is 24.0 Å². The van der Waals surface area contributed by atoms with Crippen molar-refractivity contribution in [2.75, 3.05) is 18.1 Å². The van der Waals surface area contributed by atoms with Gasteiger partial charge in [0.15, 0.2) is 5.96 Å². The molecule has 0 unspecified atom stereocenters. The minimum Gasteiger partial charge on any atom is -0.357 e. The average Bonchev–Trinajstić information content (AvgIpc) is 2.65. The standard InChI is InChI=1S/C21H27FN4OS.HI/c1-4-23-21(24-12-16-6-5-7-20(10-16)26-15(2)27)25-13-17-8-9-19(22)11-18(17)14-28-3;/h5-11H,4,12-14H2,1-3H3,(H,26,27)(H2,23,24,25);1H. The van der Waals surface area contributed by atoms with E-state index in [0.29, 0.717) is 19.0 Å². The number of amides is 1. The van der Waals surface area contributed by atoms with Gasteiger partial charge in [0.05, 0.1) is 6.54 Å². The third kappa shape index (κ3) is 9.03. The van der Waals surface area contributed by atoms with Crippen molar-refractivity contribution in [3.8, 4) is 0 Å². The Bertz CT molecular complexity index is 832. The number of nitrogens with zero attached hydrogens (tertiary/aromatic N) is 1. The second-order valence-corrected chi connectivity index (χ2v) is 7.14.